The third-order valence-corrected chi connectivity index (χ3v) is 3.86. The zero-order valence-corrected chi connectivity index (χ0v) is 9.16. The van der Waals surface area contributed by atoms with E-state index in [2.05, 4.69) is 10.3 Å². The van der Waals surface area contributed by atoms with Crippen LogP contribution in [0.5, 0.6) is 0 Å². The van der Waals surface area contributed by atoms with Gasteiger partial charge in [0.2, 0.25) is 0 Å². The Bertz CT molecular complexity index is 333. The summed E-state index contributed by atoms with van der Waals surface area (Å²) in [4.78, 5) is 15.5. The second-order valence-electron chi connectivity index (χ2n) is 3.10. The number of hydrogen-bond donors (Lipinski definition) is 2. The van der Waals surface area contributed by atoms with Gasteiger partial charge in [-0.2, -0.15) is 11.8 Å². The van der Waals surface area contributed by atoms with Crippen molar-refractivity contribution in [3.8, 4) is 0 Å². The fraction of sp³-hybridized carbons (Fsp3) is 0.500. The largest absolute Gasteiger partial charge is 0.375 e. The van der Waals surface area contributed by atoms with Crippen molar-refractivity contribution in [3.05, 3.63) is 11.1 Å². The number of carbonyl (C=O) groups is 1. The van der Waals surface area contributed by atoms with Crippen LogP contribution in [0.25, 0.3) is 0 Å². The molecule has 0 saturated carbocycles. The zero-order valence-electron chi connectivity index (χ0n) is 7.53. The first-order valence-corrected chi connectivity index (χ1v) is 6.39. The van der Waals surface area contributed by atoms with Crippen LogP contribution in [-0.4, -0.2) is 28.4 Å². The molecule has 1 aliphatic heterocycles. The molecule has 1 saturated heterocycles. The van der Waals surface area contributed by atoms with Crippen LogP contribution in [0.2, 0.25) is 0 Å². The number of amides is 1. The van der Waals surface area contributed by atoms with E-state index in [1.807, 2.05) is 11.8 Å². The Morgan fingerprint density at radius 1 is 1.71 bits per heavy atom. The van der Waals surface area contributed by atoms with Gasteiger partial charge in [0.25, 0.3) is 5.91 Å². The highest BCUT2D eigenvalue weighted by molar-refractivity contribution is 7.99. The molecule has 2 heterocycles. The minimum atomic E-state index is -0.106. The lowest BCUT2D eigenvalue weighted by molar-refractivity contribution is 0.0937. The third kappa shape index (κ3) is 2.19. The summed E-state index contributed by atoms with van der Waals surface area (Å²) in [6, 6.07) is 0.301. The van der Waals surface area contributed by atoms with Gasteiger partial charge in [-0.3, -0.25) is 4.79 Å². The number of nitrogens with one attached hydrogen (secondary N) is 1. The predicted octanol–water partition coefficient (Wildman–Crippen LogP) is 0.961. The highest BCUT2D eigenvalue weighted by atomic mass is 32.2. The summed E-state index contributed by atoms with van der Waals surface area (Å²) in [5.74, 6) is 2.03. The van der Waals surface area contributed by atoms with Crippen LogP contribution >= 0.6 is 23.1 Å². The van der Waals surface area contributed by atoms with E-state index in [9.17, 15) is 4.79 Å². The summed E-state index contributed by atoms with van der Waals surface area (Å²) < 4.78 is 0. The monoisotopic (exact) mass is 229 g/mol. The molecule has 4 nitrogen and oxygen atoms in total. The molecule has 1 aromatic rings. The van der Waals surface area contributed by atoms with E-state index in [-0.39, 0.29) is 5.91 Å². The molecule has 2 rings (SSSR count). The molecule has 1 unspecified atom stereocenters. The molecule has 14 heavy (non-hydrogen) atoms. The van der Waals surface area contributed by atoms with Crippen LogP contribution in [0, 0.1) is 0 Å². The Hall–Kier alpha value is -0.750. The molecule has 0 radical (unpaired) electrons. The van der Waals surface area contributed by atoms with E-state index in [1.54, 1.807) is 5.38 Å². The smallest absolute Gasteiger partial charge is 0.271 e. The number of nitrogens with zero attached hydrogens (tertiary/aromatic N) is 1. The van der Waals surface area contributed by atoms with E-state index < -0.39 is 0 Å². The van der Waals surface area contributed by atoms with E-state index in [1.165, 1.54) is 11.3 Å². The van der Waals surface area contributed by atoms with Crippen molar-refractivity contribution < 1.29 is 4.79 Å². The summed E-state index contributed by atoms with van der Waals surface area (Å²) in [6.07, 6.45) is 1.05. The molecule has 3 N–H and O–H groups in total. The Kier molecular flexibility index (Phi) is 2.93. The first-order valence-electron chi connectivity index (χ1n) is 4.35. The summed E-state index contributed by atoms with van der Waals surface area (Å²) in [5.41, 5.74) is 5.88. The second kappa shape index (κ2) is 4.18. The maximum Gasteiger partial charge on any atom is 0.271 e. The molecule has 6 heteroatoms. The van der Waals surface area contributed by atoms with Gasteiger partial charge in [-0.15, -0.1) is 11.3 Å². The average Bonchev–Trinajstić information content (AvgIpc) is 2.75. The number of rotatable bonds is 2. The quantitative estimate of drug-likeness (QED) is 0.792. The van der Waals surface area contributed by atoms with Crippen LogP contribution in [0.3, 0.4) is 0 Å². The maximum atomic E-state index is 11.6. The fourth-order valence-corrected chi connectivity index (χ4v) is 3.00. The highest BCUT2D eigenvalue weighted by Crippen LogP contribution is 2.18. The second-order valence-corrected chi connectivity index (χ2v) is 5.14. The number of thioether (sulfide) groups is 1. The first kappa shape index (κ1) is 9.79. The van der Waals surface area contributed by atoms with Crippen molar-refractivity contribution in [3.63, 3.8) is 0 Å². The van der Waals surface area contributed by atoms with Gasteiger partial charge in [0.05, 0.1) is 0 Å². The van der Waals surface area contributed by atoms with Crippen molar-refractivity contribution in [2.45, 2.75) is 12.5 Å². The maximum absolute atomic E-state index is 11.6. The van der Waals surface area contributed by atoms with Gasteiger partial charge in [-0.05, 0) is 12.2 Å². The molecular formula is C8H11N3OS2. The topological polar surface area (TPSA) is 68.0 Å². The normalized spacial score (nSPS) is 21.0. The molecule has 1 aromatic heterocycles. The van der Waals surface area contributed by atoms with Crippen LogP contribution in [0.4, 0.5) is 5.13 Å². The lowest BCUT2D eigenvalue weighted by atomic mass is 10.2. The first-order chi connectivity index (χ1) is 6.75. The van der Waals surface area contributed by atoms with Crippen molar-refractivity contribution in [1.82, 2.24) is 10.3 Å². The summed E-state index contributed by atoms with van der Waals surface area (Å²) >= 11 is 3.16. The Balaban J connectivity index is 1.95. The predicted molar refractivity (Wildman–Crippen MR) is 59.7 cm³/mol. The standard InChI is InChI=1S/C8H11N3OS2/c9-8-11-6(4-14-8)7(12)10-5-1-2-13-3-5/h4-5H,1-3H2,(H2,9,11)(H,10,12). The minimum absolute atomic E-state index is 0.106. The van der Waals surface area contributed by atoms with Crippen molar-refractivity contribution in [2.24, 2.45) is 0 Å². The van der Waals surface area contributed by atoms with Gasteiger partial charge in [0, 0.05) is 17.2 Å². The van der Waals surface area contributed by atoms with E-state index in [4.69, 9.17) is 5.73 Å². The number of anilines is 1. The molecular weight excluding hydrogens is 218 g/mol. The summed E-state index contributed by atoms with van der Waals surface area (Å²) in [6.45, 7) is 0. The zero-order chi connectivity index (χ0) is 9.97. The SMILES string of the molecule is Nc1nc(C(=O)NC2CCSC2)cs1. The number of carbonyl (C=O) groups excluding carboxylic acids is 1. The van der Waals surface area contributed by atoms with Gasteiger partial charge in [-0.1, -0.05) is 0 Å². The number of thiazole rings is 1. The van der Waals surface area contributed by atoms with Crippen molar-refractivity contribution in [1.29, 1.82) is 0 Å². The molecule has 0 bridgehead atoms. The van der Waals surface area contributed by atoms with Crippen LogP contribution < -0.4 is 11.1 Å². The van der Waals surface area contributed by atoms with Gasteiger partial charge in [-0.25, -0.2) is 4.98 Å². The Morgan fingerprint density at radius 3 is 3.14 bits per heavy atom. The molecule has 1 amide bonds. The number of nitrogens with two attached hydrogens (primary N) is 1. The Morgan fingerprint density at radius 2 is 2.57 bits per heavy atom. The van der Waals surface area contributed by atoms with Crippen molar-refractivity contribution in [2.75, 3.05) is 17.2 Å². The lowest BCUT2D eigenvalue weighted by Crippen LogP contribution is -2.34. The number of nitrogen functional groups attached to an aromatic ring is 1. The van der Waals surface area contributed by atoms with Crippen LogP contribution in [0.1, 0.15) is 16.9 Å². The third-order valence-electron chi connectivity index (χ3n) is 2.02. The van der Waals surface area contributed by atoms with E-state index in [0.29, 0.717) is 16.9 Å². The Labute approximate surface area is 90.3 Å². The molecule has 76 valence electrons. The molecule has 0 aromatic carbocycles. The fourth-order valence-electron chi connectivity index (χ4n) is 1.30. The van der Waals surface area contributed by atoms with E-state index >= 15 is 0 Å². The number of hydrogen-bond acceptors (Lipinski definition) is 5. The molecule has 1 atom stereocenters. The minimum Gasteiger partial charge on any atom is -0.375 e. The van der Waals surface area contributed by atoms with Crippen LogP contribution in [-0.2, 0) is 0 Å². The summed E-state index contributed by atoms with van der Waals surface area (Å²) in [5, 5.41) is 5.07. The van der Waals surface area contributed by atoms with Gasteiger partial charge in [0.1, 0.15) is 5.69 Å². The van der Waals surface area contributed by atoms with E-state index in [0.717, 1.165) is 17.9 Å². The highest BCUT2D eigenvalue weighted by Gasteiger charge is 2.19. The average molecular weight is 229 g/mol. The van der Waals surface area contributed by atoms with Crippen LogP contribution in [0.15, 0.2) is 5.38 Å². The van der Waals surface area contributed by atoms with Gasteiger partial charge in [0.15, 0.2) is 5.13 Å². The summed E-state index contributed by atoms with van der Waals surface area (Å²) in [7, 11) is 0. The number of aromatic nitrogens is 1. The molecule has 1 aliphatic rings. The lowest BCUT2D eigenvalue weighted by Gasteiger charge is -2.08. The molecule has 1 fully saturated rings. The van der Waals surface area contributed by atoms with Gasteiger partial charge < -0.3 is 11.1 Å². The van der Waals surface area contributed by atoms with Gasteiger partial charge >= 0.3 is 0 Å². The molecule has 0 aliphatic carbocycles. The van der Waals surface area contributed by atoms with Crippen molar-refractivity contribution >= 4 is 34.1 Å². The molecule has 0 spiro atoms.